The van der Waals surface area contributed by atoms with Crippen LogP contribution in [-0.2, 0) is 14.3 Å². The van der Waals surface area contributed by atoms with E-state index in [1.54, 1.807) is 0 Å². The van der Waals surface area contributed by atoms with Crippen molar-refractivity contribution in [3.63, 3.8) is 0 Å². The van der Waals surface area contributed by atoms with Crippen LogP contribution in [0, 0.1) is 0 Å². The average molecular weight is 464 g/mol. The molecule has 0 saturated carbocycles. The fraction of sp³-hybridized carbons (Fsp3) is 0.423. The Bertz CT molecular complexity index is 1070. The lowest BCUT2D eigenvalue weighted by Crippen LogP contribution is -2.58. The topological polar surface area (TPSA) is 108 Å². The van der Waals surface area contributed by atoms with Gasteiger partial charge in [-0.05, 0) is 48.1 Å². The fourth-order valence-electron chi connectivity index (χ4n) is 5.67. The van der Waals surface area contributed by atoms with Gasteiger partial charge in [-0.1, -0.05) is 48.5 Å². The minimum absolute atomic E-state index is 0.0974. The first kappa shape index (κ1) is 22.4. The van der Waals surface area contributed by atoms with E-state index in [2.05, 4.69) is 27.7 Å². The average Bonchev–Trinajstić information content (AvgIpc) is 3.30. The molecule has 178 valence electrons. The molecule has 8 heteroatoms. The zero-order valence-corrected chi connectivity index (χ0v) is 19.0. The van der Waals surface area contributed by atoms with E-state index in [1.165, 1.54) is 0 Å². The van der Waals surface area contributed by atoms with Crippen LogP contribution in [0.2, 0.25) is 0 Å². The number of carbonyl (C=O) groups excluding carboxylic acids is 2. The molecule has 2 aliphatic heterocycles. The summed E-state index contributed by atoms with van der Waals surface area (Å²) in [5.74, 6) is -1.75. The Labute approximate surface area is 198 Å². The molecule has 3 unspecified atom stereocenters. The highest BCUT2D eigenvalue weighted by atomic mass is 16.5. The van der Waals surface area contributed by atoms with Crippen molar-refractivity contribution in [1.29, 1.82) is 0 Å². The van der Waals surface area contributed by atoms with Crippen molar-refractivity contribution in [2.45, 2.75) is 43.2 Å². The molecule has 1 aliphatic carbocycles. The van der Waals surface area contributed by atoms with Crippen LogP contribution in [0.4, 0.5) is 4.79 Å². The van der Waals surface area contributed by atoms with E-state index < -0.39 is 30.4 Å². The van der Waals surface area contributed by atoms with Gasteiger partial charge in [0.25, 0.3) is 0 Å². The van der Waals surface area contributed by atoms with E-state index >= 15 is 0 Å². The summed E-state index contributed by atoms with van der Waals surface area (Å²) in [4.78, 5) is 39.4. The van der Waals surface area contributed by atoms with Gasteiger partial charge in [-0.25, -0.2) is 4.79 Å². The third kappa shape index (κ3) is 4.37. The third-order valence-corrected chi connectivity index (χ3v) is 7.28. The largest absolute Gasteiger partial charge is 0.481 e. The summed E-state index contributed by atoms with van der Waals surface area (Å²) >= 11 is 0. The Morgan fingerprint density at radius 2 is 1.71 bits per heavy atom. The number of carbonyl (C=O) groups is 3. The molecule has 8 nitrogen and oxygen atoms in total. The summed E-state index contributed by atoms with van der Waals surface area (Å²) in [5.41, 5.74) is 4.06. The molecule has 34 heavy (non-hydrogen) atoms. The van der Waals surface area contributed by atoms with Crippen LogP contribution in [0.15, 0.2) is 48.5 Å². The molecule has 3 aliphatic rings. The molecule has 0 radical (unpaired) electrons. The second kappa shape index (κ2) is 9.10. The summed E-state index contributed by atoms with van der Waals surface area (Å²) in [6, 6.07) is 14.8. The molecule has 5 rings (SSSR count). The number of nitrogens with one attached hydrogen (secondary N) is 2. The predicted octanol–water partition coefficient (Wildman–Crippen LogP) is 2.72. The Balaban J connectivity index is 1.24. The molecule has 2 aromatic carbocycles. The number of amides is 2. The van der Waals surface area contributed by atoms with Crippen molar-refractivity contribution in [3.05, 3.63) is 59.7 Å². The lowest BCUT2D eigenvalue weighted by atomic mass is 9.90. The summed E-state index contributed by atoms with van der Waals surface area (Å²) in [5, 5.41) is 14.9. The molecular weight excluding hydrogens is 434 g/mol. The molecule has 2 fully saturated rings. The Morgan fingerprint density at radius 3 is 2.38 bits per heavy atom. The number of hydrogen-bond donors (Lipinski definition) is 3. The highest BCUT2D eigenvalue weighted by Gasteiger charge is 2.43. The van der Waals surface area contributed by atoms with Crippen molar-refractivity contribution < 1.29 is 24.2 Å². The summed E-state index contributed by atoms with van der Waals surface area (Å²) in [7, 11) is 0. The molecule has 2 amide bonds. The number of nitrogens with zero attached hydrogens (tertiary/aromatic N) is 1. The van der Waals surface area contributed by atoms with Crippen LogP contribution in [-0.4, -0.2) is 65.8 Å². The monoisotopic (exact) mass is 463 g/mol. The SMILES string of the molecule is O=C(O)CC(NC(=O)OCC1c2ccccc2-c2ccccc21)C(=O)NC12CCCN(CC1)C2. The van der Waals surface area contributed by atoms with Gasteiger partial charge in [0.05, 0.1) is 12.0 Å². The van der Waals surface area contributed by atoms with Gasteiger partial charge in [-0.3, -0.25) is 9.59 Å². The Hall–Kier alpha value is -3.39. The second-order valence-corrected chi connectivity index (χ2v) is 9.52. The minimum atomic E-state index is -1.20. The molecular formula is C26H29N3O5. The number of hydrogen-bond acceptors (Lipinski definition) is 5. The van der Waals surface area contributed by atoms with E-state index in [-0.39, 0.29) is 18.1 Å². The first-order chi connectivity index (χ1) is 16.4. The number of ether oxygens (including phenoxy) is 1. The van der Waals surface area contributed by atoms with Gasteiger partial charge in [-0.15, -0.1) is 0 Å². The molecule has 0 aromatic heterocycles. The predicted molar refractivity (Wildman–Crippen MR) is 125 cm³/mol. The third-order valence-electron chi connectivity index (χ3n) is 7.28. The molecule has 2 bridgehead atoms. The van der Waals surface area contributed by atoms with Crippen molar-refractivity contribution in [2.24, 2.45) is 0 Å². The number of fused-ring (bicyclic) bond motifs is 5. The maximum Gasteiger partial charge on any atom is 0.407 e. The quantitative estimate of drug-likeness (QED) is 0.583. The highest BCUT2D eigenvalue weighted by molar-refractivity contribution is 5.89. The van der Waals surface area contributed by atoms with Crippen LogP contribution in [0.5, 0.6) is 0 Å². The van der Waals surface area contributed by atoms with Crippen molar-refractivity contribution in [2.75, 3.05) is 26.2 Å². The summed E-state index contributed by atoms with van der Waals surface area (Å²) in [6.07, 6.45) is 1.39. The van der Waals surface area contributed by atoms with Gasteiger partial charge in [-0.2, -0.15) is 0 Å². The Morgan fingerprint density at radius 1 is 1.03 bits per heavy atom. The number of alkyl carbamates (subject to hydrolysis) is 1. The molecule has 2 heterocycles. The normalized spacial score (nSPS) is 23.5. The maximum absolute atomic E-state index is 13.0. The molecule has 0 spiro atoms. The van der Waals surface area contributed by atoms with Gasteiger partial charge in [0.2, 0.25) is 5.91 Å². The first-order valence-electron chi connectivity index (χ1n) is 11.8. The summed E-state index contributed by atoms with van der Waals surface area (Å²) < 4.78 is 5.52. The summed E-state index contributed by atoms with van der Waals surface area (Å²) in [6.45, 7) is 2.81. The number of carboxylic acids is 1. The van der Waals surface area contributed by atoms with Crippen molar-refractivity contribution in [3.8, 4) is 11.1 Å². The first-order valence-corrected chi connectivity index (χ1v) is 11.8. The number of piperidine rings is 1. The van der Waals surface area contributed by atoms with E-state index in [9.17, 15) is 19.5 Å². The van der Waals surface area contributed by atoms with Crippen molar-refractivity contribution >= 4 is 18.0 Å². The van der Waals surface area contributed by atoms with Gasteiger partial charge >= 0.3 is 12.1 Å². The van der Waals surface area contributed by atoms with Crippen LogP contribution >= 0.6 is 0 Å². The molecule has 3 atom stereocenters. The Kier molecular flexibility index (Phi) is 6.00. The zero-order chi connectivity index (χ0) is 23.7. The van der Waals surface area contributed by atoms with Crippen molar-refractivity contribution in [1.82, 2.24) is 15.5 Å². The molecule has 2 aromatic rings. The number of aliphatic carboxylic acids is 1. The lowest BCUT2D eigenvalue weighted by molar-refractivity contribution is -0.140. The fourth-order valence-corrected chi connectivity index (χ4v) is 5.67. The van der Waals surface area contributed by atoms with Crippen LogP contribution in [0.25, 0.3) is 11.1 Å². The lowest BCUT2D eigenvalue weighted by Gasteiger charge is -2.35. The number of benzene rings is 2. The second-order valence-electron chi connectivity index (χ2n) is 9.52. The number of rotatable bonds is 7. The molecule has 3 N–H and O–H groups in total. The van der Waals surface area contributed by atoms with E-state index in [4.69, 9.17) is 4.74 Å². The minimum Gasteiger partial charge on any atom is -0.481 e. The van der Waals surface area contributed by atoms with Gasteiger partial charge in [0.1, 0.15) is 12.6 Å². The number of carboxylic acid groups (broad SMARTS) is 1. The van der Waals surface area contributed by atoms with E-state index in [1.807, 2.05) is 36.4 Å². The van der Waals surface area contributed by atoms with Gasteiger partial charge in [0, 0.05) is 19.0 Å². The van der Waals surface area contributed by atoms with Crippen LogP contribution in [0.1, 0.15) is 42.7 Å². The smallest absolute Gasteiger partial charge is 0.407 e. The van der Waals surface area contributed by atoms with Gasteiger partial charge in [0.15, 0.2) is 0 Å². The highest BCUT2D eigenvalue weighted by Crippen LogP contribution is 2.44. The standard InChI is InChI=1S/C26H29N3O5/c30-23(31)14-22(24(32)28-26-10-5-12-29(16-26)13-11-26)27-25(33)34-15-21-19-8-3-1-6-17(19)18-7-2-4-9-20(18)21/h1-4,6-9,21-22H,5,10-16H2,(H,27,33)(H,28,32)(H,30,31). The molecule has 2 saturated heterocycles. The van der Waals surface area contributed by atoms with E-state index in [0.29, 0.717) is 0 Å². The maximum atomic E-state index is 13.0. The van der Waals surface area contributed by atoms with Gasteiger partial charge < -0.3 is 25.4 Å². The zero-order valence-electron chi connectivity index (χ0n) is 19.0. The van der Waals surface area contributed by atoms with Crippen LogP contribution in [0.3, 0.4) is 0 Å². The van der Waals surface area contributed by atoms with Crippen LogP contribution < -0.4 is 10.6 Å². The van der Waals surface area contributed by atoms with E-state index in [0.717, 1.165) is 61.2 Å².